The van der Waals surface area contributed by atoms with Crippen molar-refractivity contribution in [1.82, 2.24) is 19.6 Å². The number of benzene rings is 1. The second-order valence-electron chi connectivity index (χ2n) is 13.6. The van der Waals surface area contributed by atoms with Crippen molar-refractivity contribution in [2.75, 3.05) is 18.0 Å². The molecule has 3 aliphatic rings. The van der Waals surface area contributed by atoms with E-state index in [-0.39, 0.29) is 5.41 Å². The molecular formula is C34H43N5O3S. The van der Waals surface area contributed by atoms with Gasteiger partial charge in [-0.05, 0) is 78.2 Å². The van der Waals surface area contributed by atoms with E-state index in [2.05, 4.69) is 43.0 Å². The number of rotatable bonds is 3. The van der Waals surface area contributed by atoms with Gasteiger partial charge in [-0.1, -0.05) is 38.0 Å². The molecule has 9 heteroatoms. The topological polar surface area (TPSA) is 92.9 Å². The van der Waals surface area contributed by atoms with Gasteiger partial charge in [-0.2, -0.15) is 9.61 Å². The van der Waals surface area contributed by atoms with Gasteiger partial charge in [0.25, 0.3) is 0 Å². The van der Waals surface area contributed by atoms with Crippen LogP contribution in [0.1, 0.15) is 93.5 Å². The van der Waals surface area contributed by atoms with Gasteiger partial charge in [0.05, 0.1) is 27.6 Å². The molecule has 228 valence electrons. The van der Waals surface area contributed by atoms with Crippen molar-refractivity contribution in [2.45, 2.75) is 98.2 Å². The zero-order chi connectivity index (χ0) is 30.5. The second kappa shape index (κ2) is 11.3. The van der Waals surface area contributed by atoms with E-state index in [9.17, 15) is 9.90 Å². The lowest BCUT2D eigenvalue weighted by Crippen LogP contribution is -2.41. The molecule has 0 unspecified atom stereocenters. The molecule has 0 spiro atoms. The van der Waals surface area contributed by atoms with Gasteiger partial charge in [0, 0.05) is 40.9 Å². The first-order valence-electron chi connectivity index (χ1n) is 15.5. The number of piperidine rings is 1. The number of carboxylic acids is 1. The first-order valence-corrected chi connectivity index (χ1v) is 16.4. The Morgan fingerprint density at radius 1 is 1.05 bits per heavy atom. The number of anilines is 1. The number of fused-ring (bicyclic) bond motifs is 6. The van der Waals surface area contributed by atoms with Gasteiger partial charge in [0.1, 0.15) is 5.82 Å². The monoisotopic (exact) mass is 601 g/mol. The Balaban J connectivity index is 1.55. The molecule has 7 rings (SSSR count). The molecule has 8 nitrogen and oxygen atoms in total. The Hall–Kier alpha value is -3.30. The van der Waals surface area contributed by atoms with Crippen molar-refractivity contribution >= 4 is 28.8 Å². The summed E-state index contributed by atoms with van der Waals surface area (Å²) in [4.78, 5) is 26.3. The van der Waals surface area contributed by atoms with Crippen molar-refractivity contribution in [1.29, 1.82) is 0 Å². The fourth-order valence-corrected chi connectivity index (χ4v) is 7.67. The van der Waals surface area contributed by atoms with Crippen LogP contribution in [0.3, 0.4) is 0 Å². The van der Waals surface area contributed by atoms with Gasteiger partial charge in [-0.15, -0.1) is 11.3 Å². The highest BCUT2D eigenvalue weighted by atomic mass is 32.1. The number of nitrogens with zero attached hydrogens (tertiary/aromatic N) is 5. The predicted octanol–water partition coefficient (Wildman–Crippen LogP) is 7.80. The van der Waals surface area contributed by atoms with Gasteiger partial charge in [-0.3, -0.25) is 0 Å². The van der Waals surface area contributed by atoms with Gasteiger partial charge >= 0.3 is 5.97 Å². The SMILES string of the molecule is Cc1nc2c(s1)CCCCCC1(C)CCN(CC1)c1c([C@H](OC(C)(C)C)C(=O)O)c(C)nc3cc(nn13)-c1cccc-2c1. The molecule has 0 aliphatic carbocycles. The zero-order valence-corrected chi connectivity index (χ0v) is 27.1. The van der Waals surface area contributed by atoms with Crippen LogP contribution < -0.4 is 4.90 Å². The van der Waals surface area contributed by atoms with Crippen LogP contribution in [0, 0.1) is 19.3 Å². The Morgan fingerprint density at radius 3 is 2.51 bits per heavy atom. The van der Waals surface area contributed by atoms with E-state index in [0.29, 0.717) is 16.9 Å². The van der Waals surface area contributed by atoms with Crippen LogP contribution in [0.5, 0.6) is 0 Å². The molecule has 3 aliphatic heterocycles. The number of aromatic nitrogens is 4. The molecular weight excluding hydrogens is 558 g/mol. The first-order chi connectivity index (χ1) is 20.4. The lowest BCUT2D eigenvalue weighted by Gasteiger charge is -2.41. The Morgan fingerprint density at radius 2 is 1.79 bits per heavy atom. The largest absolute Gasteiger partial charge is 0.479 e. The Kier molecular flexibility index (Phi) is 7.84. The number of carboxylic acid groups (broad SMARTS) is 1. The standard InChI is InChI=1S/C34H43N5O3S/c1-21-28(30(32(40)41)42-33(3,4)5)31-38-17-15-34(6,16-18-38)14-9-7-8-13-26-29(36-22(2)43-26)24-12-10-11-23(19-24)25-20-27(35-21)39(31)37-25/h10-12,19-20,30H,7-9,13-18H2,1-6H3,(H,40,41)/t30-/m0/s1. The van der Waals surface area contributed by atoms with E-state index in [4.69, 9.17) is 19.8 Å². The number of aryl methyl sites for hydroxylation is 3. The molecule has 0 radical (unpaired) electrons. The number of hydrogen-bond donors (Lipinski definition) is 1. The molecule has 43 heavy (non-hydrogen) atoms. The van der Waals surface area contributed by atoms with E-state index in [1.807, 2.05) is 49.6 Å². The third-order valence-electron chi connectivity index (χ3n) is 8.95. The van der Waals surface area contributed by atoms with Crippen LogP contribution in [0.2, 0.25) is 0 Å². The van der Waals surface area contributed by atoms with Crippen molar-refractivity contribution in [2.24, 2.45) is 5.41 Å². The molecule has 3 aromatic heterocycles. The van der Waals surface area contributed by atoms with E-state index in [1.54, 1.807) is 0 Å². The number of aliphatic carboxylic acids is 1. The number of carbonyl (C=O) groups is 1. The van der Waals surface area contributed by atoms with Gasteiger partial charge in [0.2, 0.25) is 0 Å². The predicted molar refractivity (Wildman–Crippen MR) is 172 cm³/mol. The van der Waals surface area contributed by atoms with Crippen molar-refractivity contribution in [3.8, 4) is 22.5 Å². The average Bonchev–Trinajstić information content (AvgIpc) is 3.53. The fourth-order valence-electron chi connectivity index (χ4n) is 6.67. The molecule has 1 atom stereocenters. The molecule has 6 heterocycles. The van der Waals surface area contributed by atoms with Crippen LogP contribution in [0.4, 0.5) is 5.82 Å². The minimum Gasteiger partial charge on any atom is -0.479 e. The summed E-state index contributed by atoms with van der Waals surface area (Å²) < 4.78 is 8.06. The average molecular weight is 602 g/mol. The number of thiazole rings is 1. The maximum absolute atomic E-state index is 12.7. The second-order valence-corrected chi connectivity index (χ2v) is 14.9. The molecule has 6 bridgehead atoms. The molecule has 1 N–H and O–H groups in total. The summed E-state index contributed by atoms with van der Waals surface area (Å²) in [5.74, 6) is -0.242. The highest BCUT2D eigenvalue weighted by Crippen LogP contribution is 2.42. The van der Waals surface area contributed by atoms with Crippen LogP contribution in [-0.2, 0) is 16.0 Å². The normalized spacial score (nSPS) is 18.0. The number of ether oxygens (including phenoxy) is 1. The van der Waals surface area contributed by atoms with E-state index >= 15 is 0 Å². The maximum Gasteiger partial charge on any atom is 0.337 e. The lowest BCUT2D eigenvalue weighted by atomic mass is 9.76. The summed E-state index contributed by atoms with van der Waals surface area (Å²) in [6.45, 7) is 13.7. The summed E-state index contributed by atoms with van der Waals surface area (Å²) in [7, 11) is 0. The van der Waals surface area contributed by atoms with Crippen LogP contribution in [0.25, 0.3) is 28.2 Å². The summed E-state index contributed by atoms with van der Waals surface area (Å²) in [6.07, 6.45) is 6.77. The fraction of sp³-hybridized carbons (Fsp3) is 0.529. The molecule has 0 saturated carbocycles. The van der Waals surface area contributed by atoms with Crippen LogP contribution in [-0.4, -0.2) is 49.3 Å². The van der Waals surface area contributed by atoms with Crippen molar-refractivity contribution < 1.29 is 14.6 Å². The van der Waals surface area contributed by atoms with Gasteiger partial charge < -0.3 is 14.7 Å². The van der Waals surface area contributed by atoms with Gasteiger partial charge in [0.15, 0.2) is 11.8 Å². The van der Waals surface area contributed by atoms with Crippen molar-refractivity contribution in [3.05, 3.63) is 51.5 Å². The Labute approximate surface area is 258 Å². The molecule has 0 amide bonds. The van der Waals surface area contributed by atoms with Crippen LogP contribution >= 0.6 is 11.3 Å². The summed E-state index contributed by atoms with van der Waals surface area (Å²) >= 11 is 1.81. The summed E-state index contributed by atoms with van der Waals surface area (Å²) in [5, 5.41) is 16.6. The summed E-state index contributed by atoms with van der Waals surface area (Å²) in [5.41, 5.74) is 5.50. The maximum atomic E-state index is 12.7. The van der Waals surface area contributed by atoms with E-state index in [0.717, 1.165) is 65.7 Å². The molecule has 1 fully saturated rings. The quantitative estimate of drug-likeness (QED) is 0.256. The number of hydrogen-bond acceptors (Lipinski definition) is 7. The third-order valence-corrected chi connectivity index (χ3v) is 9.98. The summed E-state index contributed by atoms with van der Waals surface area (Å²) in [6, 6.07) is 10.5. The first kappa shape index (κ1) is 29.8. The lowest BCUT2D eigenvalue weighted by molar-refractivity contribution is -0.160. The zero-order valence-electron chi connectivity index (χ0n) is 26.2. The molecule has 4 aromatic rings. The van der Waals surface area contributed by atoms with Crippen LogP contribution in [0.15, 0.2) is 30.3 Å². The molecule has 1 aromatic carbocycles. The highest BCUT2D eigenvalue weighted by Gasteiger charge is 2.37. The van der Waals surface area contributed by atoms with Crippen molar-refractivity contribution in [3.63, 3.8) is 0 Å². The van der Waals surface area contributed by atoms with E-state index in [1.165, 1.54) is 30.6 Å². The molecule has 1 saturated heterocycles. The highest BCUT2D eigenvalue weighted by molar-refractivity contribution is 7.12. The minimum atomic E-state index is -1.17. The Bertz CT molecular complexity index is 1660. The minimum absolute atomic E-state index is 0.260. The van der Waals surface area contributed by atoms with Gasteiger partial charge in [-0.25, -0.2) is 14.8 Å². The van der Waals surface area contributed by atoms with E-state index < -0.39 is 17.7 Å². The third kappa shape index (κ3) is 6.07. The smallest absolute Gasteiger partial charge is 0.337 e.